The summed E-state index contributed by atoms with van der Waals surface area (Å²) in [5.74, 6) is -1.41. The molecule has 0 aliphatic heterocycles. The zero-order valence-corrected chi connectivity index (χ0v) is 9.55. The fourth-order valence-corrected chi connectivity index (χ4v) is 1.12. The Morgan fingerprint density at radius 3 is 2.59 bits per heavy atom. The van der Waals surface area contributed by atoms with Crippen molar-refractivity contribution in [3.8, 4) is 0 Å². The van der Waals surface area contributed by atoms with Gasteiger partial charge >= 0.3 is 5.97 Å². The van der Waals surface area contributed by atoms with Crippen molar-refractivity contribution in [3.63, 3.8) is 0 Å². The molecular formula is C12H15NO4. The van der Waals surface area contributed by atoms with E-state index in [0.717, 1.165) is 5.56 Å². The average molecular weight is 237 g/mol. The van der Waals surface area contributed by atoms with Crippen LogP contribution in [0.2, 0.25) is 0 Å². The van der Waals surface area contributed by atoms with Gasteiger partial charge in [-0.3, -0.25) is 4.79 Å². The van der Waals surface area contributed by atoms with Crippen LogP contribution >= 0.6 is 0 Å². The zero-order chi connectivity index (χ0) is 12.7. The Bertz CT molecular complexity index is 377. The summed E-state index contributed by atoms with van der Waals surface area (Å²) in [7, 11) is 0. The molecule has 0 saturated heterocycles. The molecule has 1 unspecified atom stereocenters. The SMILES string of the molecule is CC(OCC(=O)NCc1ccccc1)C(=O)O. The summed E-state index contributed by atoms with van der Waals surface area (Å²) in [5, 5.41) is 11.2. The number of aliphatic carboxylic acids is 1. The molecule has 0 aromatic heterocycles. The van der Waals surface area contributed by atoms with Gasteiger partial charge in [-0.05, 0) is 12.5 Å². The van der Waals surface area contributed by atoms with Crippen LogP contribution in [0.5, 0.6) is 0 Å². The van der Waals surface area contributed by atoms with Crippen molar-refractivity contribution in [3.05, 3.63) is 35.9 Å². The van der Waals surface area contributed by atoms with Crippen molar-refractivity contribution < 1.29 is 19.4 Å². The second-order valence-electron chi connectivity index (χ2n) is 3.55. The Morgan fingerprint density at radius 1 is 1.35 bits per heavy atom. The molecule has 0 saturated carbocycles. The first-order valence-corrected chi connectivity index (χ1v) is 5.24. The van der Waals surface area contributed by atoms with Gasteiger partial charge in [0, 0.05) is 6.54 Å². The smallest absolute Gasteiger partial charge is 0.332 e. The maximum absolute atomic E-state index is 11.3. The minimum Gasteiger partial charge on any atom is -0.479 e. The molecule has 17 heavy (non-hydrogen) atoms. The summed E-state index contributed by atoms with van der Waals surface area (Å²) in [6, 6.07) is 9.43. The van der Waals surface area contributed by atoms with Gasteiger partial charge in [0.2, 0.25) is 5.91 Å². The van der Waals surface area contributed by atoms with Gasteiger partial charge in [-0.1, -0.05) is 30.3 Å². The van der Waals surface area contributed by atoms with Gasteiger partial charge in [0.05, 0.1) is 0 Å². The Morgan fingerprint density at radius 2 is 2.00 bits per heavy atom. The van der Waals surface area contributed by atoms with Crippen LogP contribution in [0, 0.1) is 0 Å². The number of carbonyl (C=O) groups is 2. The first kappa shape index (κ1) is 13.2. The van der Waals surface area contributed by atoms with Crippen LogP contribution in [-0.2, 0) is 20.9 Å². The van der Waals surface area contributed by atoms with Crippen LogP contribution < -0.4 is 5.32 Å². The molecule has 0 radical (unpaired) electrons. The number of carboxylic acid groups (broad SMARTS) is 1. The highest BCUT2D eigenvalue weighted by Crippen LogP contribution is 1.97. The predicted molar refractivity (Wildman–Crippen MR) is 61.3 cm³/mol. The van der Waals surface area contributed by atoms with E-state index in [4.69, 9.17) is 9.84 Å². The summed E-state index contributed by atoms with van der Waals surface area (Å²) in [4.78, 5) is 21.7. The lowest BCUT2D eigenvalue weighted by atomic mass is 10.2. The molecule has 0 fully saturated rings. The van der Waals surface area contributed by atoms with Crippen LogP contribution in [-0.4, -0.2) is 29.7 Å². The maximum Gasteiger partial charge on any atom is 0.332 e. The van der Waals surface area contributed by atoms with Crippen molar-refractivity contribution >= 4 is 11.9 Å². The third-order valence-electron chi connectivity index (χ3n) is 2.14. The summed E-state index contributed by atoms with van der Waals surface area (Å²) in [5.41, 5.74) is 0.979. The molecule has 1 atom stereocenters. The zero-order valence-electron chi connectivity index (χ0n) is 9.55. The molecule has 1 aromatic rings. The summed E-state index contributed by atoms with van der Waals surface area (Å²) < 4.78 is 4.84. The second kappa shape index (κ2) is 6.65. The quantitative estimate of drug-likeness (QED) is 0.767. The highest BCUT2D eigenvalue weighted by Gasteiger charge is 2.12. The molecule has 1 aromatic carbocycles. The maximum atomic E-state index is 11.3. The van der Waals surface area contributed by atoms with Gasteiger partial charge in [-0.2, -0.15) is 0 Å². The van der Waals surface area contributed by atoms with Gasteiger partial charge < -0.3 is 15.2 Å². The topological polar surface area (TPSA) is 75.6 Å². The highest BCUT2D eigenvalue weighted by atomic mass is 16.5. The van der Waals surface area contributed by atoms with Crippen LogP contribution in [0.15, 0.2) is 30.3 Å². The monoisotopic (exact) mass is 237 g/mol. The molecule has 1 amide bonds. The van der Waals surface area contributed by atoms with E-state index < -0.39 is 12.1 Å². The number of hydrogen-bond acceptors (Lipinski definition) is 3. The molecule has 0 aliphatic carbocycles. The van der Waals surface area contributed by atoms with Crippen LogP contribution in [0.25, 0.3) is 0 Å². The van der Waals surface area contributed by atoms with Crippen molar-refractivity contribution in [2.75, 3.05) is 6.61 Å². The Balaban J connectivity index is 2.24. The summed E-state index contributed by atoms with van der Waals surface area (Å²) in [6.07, 6.45) is -0.975. The van der Waals surface area contributed by atoms with E-state index in [2.05, 4.69) is 5.32 Å². The van der Waals surface area contributed by atoms with E-state index in [9.17, 15) is 9.59 Å². The summed E-state index contributed by atoms with van der Waals surface area (Å²) in [6.45, 7) is 1.54. The lowest BCUT2D eigenvalue weighted by Crippen LogP contribution is -2.31. The number of nitrogens with one attached hydrogen (secondary N) is 1. The van der Waals surface area contributed by atoms with Crippen molar-refractivity contribution in [2.24, 2.45) is 0 Å². The lowest BCUT2D eigenvalue weighted by Gasteiger charge is -2.08. The fraction of sp³-hybridized carbons (Fsp3) is 0.333. The Kier molecular flexibility index (Phi) is 5.16. The first-order valence-electron chi connectivity index (χ1n) is 5.24. The molecule has 0 bridgehead atoms. The van der Waals surface area contributed by atoms with E-state index >= 15 is 0 Å². The average Bonchev–Trinajstić information content (AvgIpc) is 2.34. The number of amides is 1. The predicted octanol–water partition coefficient (Wildman–Crippen LogP) is 0.792. The molecule has 0 spiro atoms. The van der Waals surface area contributed by atoms with Gasteiger partial charge in [0.15, 0.2) is 6.10 Å². The Hall–Kier alpha value is -1.88. The molecule has 5 heteroatoms. The first-order chi connectivity index (χ1) is 8.09. The molecule has 92 valence electrons. The van der Waals surface area contributed by atoms with E-state index in [1.165, 1.54) is 6.92 Å². The number of carbonyl (C=O) groups excluding carboxylic acids is 1. The van der Waals surface area contributed by atoms with Crippen LogP contribution in [0.4, 0.5) is 0 Å². The van der Waals surface area contributed by atoms with Crippen molar-refractivity contribution in [1.29, 1.82) is 0 Å². The minimum atomic E-state index is -1.08. The van der Waals surface area contributed by atoms with Crippen molar-refractivity contribution in [2.45, 2.75) is 19.6 Å². The minimum absolute atomic E-state index is 0.250. The standard InChI is InChI=1S/C12H15NO4/c1-9(12(15)16)17-8-11(14)13-7-10-5-3-2-4-6-10/h2-6,9H,7-8H2,1H3,(H,13,14)(H,15,16). The van der Waals surface area contributed by atoms with Gasteiger partial charge in [0.1, 0.15) is 6.61 Å². The van der Waals surface area contributed by atoms with Gasteiger partial charge in [-0.15, -0.1) is 0 Å². The third kappa shape index (κ3) is 5.12. The number of ether oxygens (including phenoxy) is 1. The third-order valence-corrected chi connectivity index (χ3v) is 2.14. The van der Waals surface area contributed by atoms with Gasteiger partial charge in [-0.25, -0.2) is 4.79 Å². The molecule has 5 nitrogen and oxygen atoms in total. The largest absolute Gasteiger partial charge is 0.479 e. The number of benzene rings is 1. The number of carboxylic acids is 1. The molecule has 1 rings (SSSR count). The van der Waals surface area contributed by atoms with E-state index in [0.29, 0.717) is 6.54 Å². The number of hydrogen-bond donors (Lipinski definition) is 2. The normalized spacial score (nSPS) is 11.8. The second-order valence-corrected chi connectivity index (χ2v) is 3.55. The van der Waals surface area contributed by atoms with Crippen LogP contribution in [0.3, 0.4) is 0 Å². The van der Waals surface area contributed by atoms with E-state index in [-0.39, 0.29) is 12.5 Å². The highest BCUT2D eigenvalue weighted by molar-refractivity contribution is 5.78. The fourth-order valence-electron chi connectivity index (χ4n) is 1.12. The summed E-state index contributed by atoms with van der Waals surface area (Å²) >= 11 is 0. The molecule has 0 aliphatic rings. The van der Waals surface area contributed by atoms with Gasteiger partial charge in [0.25, 0.3) is 0 Å². The molecular weight excluding hydrogens is 222 g/mol. The number of rotatable bonds is 6. The van der Waals surface area contributed by atoms with Crippen molar-refractivity contribution in [1.82, 2.24) is 5.32 Å². The van der Waals surface area contributed by atoms with E-state index in [1.807, 2.05) is 30.3 Å². The lowest BCUT2D eigenvalue weighted by molar-refractivity contribution is -0.150. The Labute approximate surface area is 99.4 Å². The van der Waals surface area contributed by atoms with E-state index in [1.54, 1.807) is 0 Å². The molecule has 0 heterocycles. The van der Waals surface area contributed by atoms with Crippen LogP contribution in [0.1, 0.15) is 12.5 Å². The molecule has 2 N–H and O–H groups in total.